The Morgan fingerprint density at radius 1 is 1.30 bits per heavy atom. The molecule has 0 fully saturated rings. The zero-order valence-corrected chi connectivity index (χ0v) is 13.5. The van der Waals surface area contributed by atoms with Gasteiger partial charge in [-0.15, -0.1) is 0 Å². The smallest absolute Gasteiger partial charge is 0.244 e. The molecule has 20 heavy (non-hydrogen) atoms. The standard InChI is InChI=1S/C12H18Cl2N2O3S/c1-2-3-6-16(7-8-17)20(18,19)10-5-4-9(13)12(15)11(10)14/h4-5,17H,2-3,6-8,15H2,1H3. The Labute approximate surface area is 129 Å². The van der Waals surface area contributed by atoms with E-state index in [0.29, 0.717) is 13.0 Å². The van der Waals surface area contributed by atoms with E-state index in [1.807, 2.05) is 6.92 Å². The van der Waals surface area contributed by atoms with Crippen LogP contribution in [0.1, 0.15) is 19.8 Å². The Morgan fingerprint density at radius 2 is 1.95 bits per heavy atom. The summed E-state index contributed by atoms with van der Waals surface area (Å²) in [7, 11) is -3.80. The van der Waals surface area contributed by atoms with E-state index in [1.54, 1.807) is 0 Å². The Hall–Kier alpha value is -0.530. The van der Waals surface area contributed by atoms with Crippen LogP contribution in [0.15, 0.2) is 17.0 Å². The number of hydrogen-bond acceptors (Lipinski definition) is 4. The quantitative estimate of drug-likeness (QED) is 0.746. The minimum absolute atomic E-state index is 0.0151. The van der Waals surface area contributed by atoms with Gasteiger partial charge in [-0.25, -0.2) is 8.42 Å². The lowest BCUT2D eigenvalue weighted by atomic mass is 10.3. The first kappa shape index (κ1) is 17.5. The third-order valence-electron chi connectivity index (χ3n) is 2.82. The number of unbranched alkanes of at least 4 members (excludes halogenated alkanes) is 1. The van der Waals surface area contributed by atoms with Gasteiger partial charge in [0.2, 0.25) is 10.0 Å². The summed E-state index contributed by atoms with van der Waals surface area (Å²) in [4.78, 5) is -0.0920. The first-order valence-electron chi connectivity index (χ1n) is 6.20. The summed E-state index contributed by atoms with van der Waals surface area (Å²) in [6.45, 7) is 2.03. The van der Waals surface area contributed by atoms with Crippen molar-refractivity contribution in [3.8, 4) is 0 Å². The number of rotatable bonds is 7. The van der Waals surface area contributed by atoms with Crippen LogP contribution >= 0.6 is 23.2 Å². The van der Waals surface area contributed by atoms with Crippen LogP contribution in [0, 0.1) is 0 Å². The number of benzene rings is 1. The summed E-state index contributed by atoms with van der Waals surface area (Å²) in [5, 5.41) is 9.15. The molecule has 0 heterocycles. The molecule has 0 bridgehead atoms. The average molecular weight is 341 g/mol. The lowest BCUT2D eigenvalue weighted by molar-refractivity contribution is 0.252. The van der Waals surface area contributed by atoms with Crippen molar-refractivity contribution < 1.29 is 13.5 Å². The number of anilines is 1. The first-order valence-corrected chi connectivity index (χ1v) is 8.40. The third-order valence-corrected chi connectivity index (χ3v) is 5.61. The molecule has 0 aliphatic rings. The number of halogens is 2. The van der Waals surface area contributed by atoms with Crippen molar-refractivity contribution in [1.29, 1.82) is 0 Å². The molecule has 0 aliphatic heterocycles. The lowest BCUT2D eigenvalue weighted by Gasteiger charge is -2.22. The molecule has 114 valence electrons. The van der Waals surface area contributed by atoms with Crippen LogP contribution in [0.2, 0.25) is 10.0 Å². The predicted molar refractivity (Wildman–Crippen MR) is 81.6 cm³/mol. The number of aliphatic hydroxyl groups is 1. The molecule has 0 aromatic heterocycles. The van der Waals surface area contributed by atoms with Crippen LogP contribution in [0.4, 0.5) is 5.69 Å². The van der Waals surface area contributed by atoms with Crippen molar-refractivity contribution in [2.45, 2.75) is 24.7 Å². The summed E-state index contributed by atoms with van der Waals surface area (Å²) in [6.07, 6.45) is 1.54. The zero-order valence-electron chi connectivity index (χ0n) is 11.1. The maximum Gasteiger partial charge on any atom is 0.244 e. The fourth-order valence-electron chi connectivity index (χ4n) is 1.69. The average Bonchev–Trinajstić information content (AvgIpc) is 2.40. The Kier molecular flexibility index (Phi) is 6.54. The van der Waals surface area contributed by atoms with Gasteiger partial charge in [-0.2, -0.15) is 4.31 Å². The van der Waals surface area contributed by atoms with Crippen molar-refractivity contribution in [1.82, 2.24) is 4.31 Å². The number of aliphatic hydroxyl groups excluding tert-OH is 1. The maximum absolute atomic E-state index is 12.5. The third kappa shape index (κ3) is 3.77. The molecule has 1 aromatic carbocycles. The van der Waals surface area contributed by atoms with E-state index in [-0.39, 0.29) is 33.8 Å². The summed E-state index contributed by atoms with van der Waals surface area (Å²) >= 11 is 11.8. The van der Waals surface area contributed by atoms with E-state index in [2.05, 4.69) is 0 Å². The second kappa shape index (κ2) is 7.47. The van der Waals surface area contributed by atoms with E-state index < -0.39 is 10.0 Å². The second-order valence-electron chi connectivity index (χ2n) is 4.25. The van der Waals surface area contributed by atoms with Crippen LogP contribution in [0.25, 0.3) is 0 Å². The van der Waals surface area contributed by atoms with Gasteiger partial charge in [-0.05, 0) is 18.6 Å². The fraction of sp³-hybridized carbons (Fsp3) is 0.500. The fourth-order valence-corrected chi connectivity index (χ4v) is 3.90. The molecule has 1 rings (SSSR count). The van der Waals surface area contributed by atoms with E-state index in [4.69, 9.17) is 34.0 Å². The number of hydrogen-bond donors (Lipinski definition) is 2. The van der Waals surface area contributed by atoms with Crippen LogP contribution in [-0.2, 0) is 10.0 Å². The van der Waals surface area contributed by atoms with Crippen molar-refractivity contribution >= 4 is 38.9 Å². The molecule has 5 nitrogen and oxygen atoms in total. The first-order chi connectivity index (χ1) is 9.36. The highest BCUT2D eigenvalue weighted by Gasteiger charge is 2.27. The van der Waals surface area contributed by atoms with Crippen molar-refractivity contribution in [3.63, 3.8) is 0 Å². The minimum Gasteiger partial charge on any atom is -0.396 e. The monoisotopic (exact) mass is 340 g/mol. The minimum atomic E-state index is -3.80. The van der Waals surface area contributed by atoms with Crippen LogP contribution < -0.4 is 5.73 Å². The number of sulfonamides is 1. The van der Waals surface area contributed by atoms with E-state index in [1.165, 1.54) is 16.4 Å². The van der Waals surface area contributed by atoms with E-state index in [0.717, 1.165) is 6.42 Å². The van der Waals surface area contributed by atoms with Crippen molar-refractivity contribution in [3.05, 3.63) is 22.2 Å². The molecule has 0 atom stereocenters. The molecule has 1 aromatic rings. The highest BCUT2D eigenvalue weighted by Crippen LogP contribution is 2.34. The van der Waals surface area contributed by atoms with Crippen molar-refractivity contribution in [2.75, 3.05) is 25.4 Å². The molecule has 0 radical (unpaired) electrons. The highest BCUT2D eigenvalue weighted by atomic mass is 35.5. The molecule has 0 aliphatic carbocycles. The number of nitrogens with two attached hydrogens (primary N) is 1. The summed E-state index contributed by atoms with van der Waals surface area (Å²) in [5.74, 6) is 0. The Balaban J connectivity index is 3.22. The largest absolute Gasteiger partial charge is 0.396 e. The molecule has 0 unspecified atom stereocenters. The van der Waals surface area contributed by atoms with Gasteiger partial charge in [0.05, 0.1) is 22.3 Å². The van der Waals surface area contributed by atoms with Gasteiger partial charge in [0.1, 0.15) is 4.90 Å². The van der Waals surface area contributed by atoms with Gasteiger partial charge in [0, 0.05) is 13.1 Å². The van der Waals surface area contributed by atoms with E-state index in [9.17, 15) is 8.42 Å². The number of nitrogens with zero attached hydrogens (tertiary/aromatic N) is 1. The number of nitrogen functional groups attached to an aromatic ring is 1. The normalized spacial score (nSPS) is 12.1. The molecule has 0 saturated carbocycles. The molecular weight excluding hydrogens is 323 g/mol. The summed E-state index contributed by atoms with van der Waals surface area (Å²) in [6, 6.07) is 2.72. The van der Waals surface area contributed by atoms with Gasteiger partial charge >= 0.3 is 0 Å². The predicted octanol–water partition coefficient (Wildman–Crippen LogP) is 2.36. The van der Waals surface area contributed by atoms with Crippen LogP contribution in [-0.4, -0.2) is 37.5 Å². The molecule has 8 heteroatoms. The second-order valence-corrected chi connectivity index (χ2v) is 6.95. The van der Waals surface area contributed by atoms with Gasteiger partial charge in [-0.1, -0.05) is 36.5 Å². The summed E-state index contributed by atoms with van der Waals surface area (Å²) < 4.78 is 26.3. The molecule has 0 amide bonds. The highest BCUT2D eigenvalue weighted by molar-refractivity contribution is 7.89. The van der Waals surface area contributed by atoms with Gasteiger partial charge < -0.3 is 10.8 Å². The van der Waals surface area contributed by atoms with Crippen LogP contribution in [0.3, 0.4) is 0 Å². The topological polar surface area (TPSA) is 83.6 Å². The lowest BCUT2D eigenvalue weighted by Crippen LogP contribution is -2.34. The molecule has 0 saturated heterocycles. The van der Waals surface area contributed by atoms with Crippen LogP contribution in [0.5, 0.6) is 0 Å². The summed E-state index contributed by atoms with van der Waals surface area (Å²) in [5.41, 5.74) is 5.69. The molecule has 3 N–H and O–H groups in total. The van der Waals surface area contributed by atoms with E-state index >= 15 is 0 Å². The van der Waals surface area contributed by atoms with Gasteiger partial charge in [0.25, 0.3) is 0 Å². The van der Waals surface area contributed by atoms with Gasteiger partial charge in [0.15, 0.2) is 0 Å². The van der Waals surface area contributed by atoms with Gasteiger partial charge in [-0.3, -0.25) is 0 Å². The maximum atomic E-state index is 12.5. The Bertz CT molecular complexity index is 564. The Morgan fingerprint density at radius 3 is 2.50 bits per heavy atom. The van der Waals surface area contributed by atoms with Crippen molar-refractivity contribution in [2.24, 2.45) is 0 Å². The molecule has 0 spiro atoms. The molecular formula is C12H18Cl2N2O3S. The zero-order chi connectivity index (χ0) is 15.3. The SMILES string of the molecule is CCCCN(CCO)S(=O)(=O)c1ccc(Cl)c(N)c1Cl.